The highest BCUT2D eigenvalue weighted by Gasteiger charge is 2.14. The number of nitrogen functional groups attached to an aromatic ring is 1. The first kappa shape index (κ1) is 13.4. The van der Waals surface area contributed by atoms with Gasteiger partial charge in [-0.05, 0) is 32.0 Å². The van der Waals surface area contributed by atoms with Crippen molar-refractivity contribution in [1.82, 2.24) is 14.5 Å². The lowest BCUT2D eigenvalue weighted by atomic mass is 10.3. The Bertz CT molecular complexity index is 797. The summed E-state index contributed by atoms with van der Waals surface area (Å²) in [6.45, 7) is 4.08. The lowest BCUT2D eigenvalue weighted by molar-refractivity contribution is 0.428. The molecule has 21 heavy (non-hydrogen) atoms. The number of nitrogens with zero attached hydrogens (tertiary/aromatic N) is 3. The quantitative estimate of drug-likeness (QED) is 0.748. The number of hydrogen-bond acceptors (Lipinski definition) is 4. The third kappa shape index (κ3) is 2.40. The van der Waals surface area contributed by atoms with Gasteiger partial charge < -0.3 is 15.0 Å². The molecule has 0 aliphatic carbocycles. The number of ether oxygens (including phenoxy) is 1. The van der Waals surface area contributed by atoms with E-state index in [-0.39, 0.29) is 11.8 Å². The van der Waals surface area contributed by atoms with E-state index in [0.717, 1.165) is 11.0 Å². The van der Waals surface area contributed by atoms with Crippen molar-refractivity contribution in [1.29, 1.82) is 0 Å². The summed E-state index contributed by atoms with van der Waals surface area (Å²) >= 11 is 0. The number of benzene rings is 1. The third-order valence-corrected chi connectivity index (χ3v) is 3.19. The first-order valence-electron chi connectivity index (χ1n) is 6.60. The topological polar surface area (TPSA) is 66.0 Å². The summed E-state index contributed by atoms with van der Waals surface area (Å²) in [6.07, 6.45) is 3.31. The van der Waals surface area contributed by atoms with Crippen molar-refractivity contribution in [2.45, 2.75) is 19.9 Å². The molecular weight excluding hydrogens is 271 g/mol. The first-order chi connectivity index (χ1) is 10.1. The fourth-order valence-corrected chi connectivity index (χ4v) is 2.17. The molecule has 0 saturated carbocycles. The van der Waals surface area contributed by atoms with Gasteiger partial charge >= 0.3 is 0 Å². The van der Waals surface area contributed by atoms with E-state index in [4.69, 9.17) is 10.5 Å². The highest BCUT2D eigenvalue weighted by Crippen LogP contribution is 2.31. The average molecular weight is 286 g/mol. The van der Waals surface area contributed by atoms with Crippen molar-refractivity contribution in [3.63, 3.8) is 0 Å². The smallest absolute Gasteiger partial charge is 0.247 e. The number of nitrogens with two attached hydrogens (primary N) is 1. The van der Waals surface area contributed by atoms with Gasteiger partial charge in [0, 0.05) is 24.0 Å². The van der Waals surface area contributed by atoms with Crippen LogP contribution in [0.4, 0.5) is 10.1 Å². The molecule has 0 spiro atoms. The Morgan fingerprint density at radius 2 is 2.05 bits per heavy atom. The minimum Gasteiger partial charge on any atom is -0.434 e. The Labute approximate surface area is 121 Å². The van der Waals surface area contributed by atoms with Crippen LogP contribution in [-0.4, -0.2) is 14.5 Å². The van der Waals surface area contributed by atoms with Crippen LogP contribution in [0.1, 0.15) is 19.9 Å². The predicted octanol–water partition coefficient (Wildman–Crippen LogP) is 3.53. The SMILES string of the molecule is CC(C)n1ccc2ncnc(Oc3ccc(N)cc3F)c21. The fraction of sp³-hybridized carbons (Fsp3) is 0.200. The molecule has 108 valence electrons. The molecule has 0 bridgehead atoms. The molecule has 0 unspecified atom stereocenters. The molecule has 2 N–H and O–H groups in total. The van der Waals surface area contributed by atoms with Crippen LogP contribution in [0, 0.1) is 5.82 Å². The molecule has 1 aromatic carbocycles. The molecule has 0 fully saturated rings. The molecule has 5 nitrogen and oxygen atoms in total. The van der Waals surface area contributed by atoms with Crippen LogP contribution in [-0.2, 0) is 0 Å². The molecule has 0 radical (unpaired) electrons. The second-order valence-electron chi connectivity index (χ2n) is 5.02. The van der Waals surface area contributed by atoms with Gasteiger partial charge in [0.1, 0.15) is 11.8 Å². The van der Waals surface area contributed by atoms with Crippen LogP contribution in [0.5, 0.6) is 11.6 Å². The van der Waals surface area contributed by atoms with Crippen LogP contribution in [0.3, 0.4) is 0 Å². The predicted molar refractivity (Wildman–Crippen MR) is 78.8 cm³/mol. The van der Waals surface area contributed by atoms with E-state index in [2.05, 4.69) is 9.97 Å². The largest absolute Gasteiger partial charge is 0.434 e. The van der Waals surface area contributed by atoms with Crippen molar-refractivity contribution in [3.05, 3.63) is 42.6 Å². The molecule has 2 aromatic heterocycles. The number of hydrogen-bond donors (Lipinski definition) is 1. The summed E-state index contributed by atoms with van der Waals surface area (Å²) in [5.74, 6) is -0.118. The Morgan fingerprint density at radius 1 is 1.24 bits per heavy atom. The normalized spacial score (nSPS) is 11.2. The molecule has 0 atom stereocenters. The second-order valence-corrected chi connectivity index (χ2v) is 5.02. The van der Waals surface area contributed by atoms with Crippen molar-refractivity contribution in [3.8, 4) is 11.6 Å². The molecule has 0 aliphatic heterocycles. The highest BCUT2D eigenvalue weighted by atomic mass is 19.1. The maximum atomic E-state index is 13.9. The maximum absolute atomic E-state index is 13.9. The van der Waals surface area contributed by atoms with Crippen molar-refractivity contribution in [2.24, 2.45) is 0 Å². The number of aromatic nitrogens is 3. The van der Waals surface area contributed by atoms with Gasteiger partial charge in [0.25, 0.3) is 0 Å². The molecule has 2 heterocycles. The van der Waals surface area contributed by atoms with Crippen LogP contribution in [0.2, 0.25) is 0 Å². The molecule has 0 aliphatic rings. The van der Waals surface area contributed by atoms with Gasteiger partial charge in [-0.1, -0.05) is 0 Å². The fourth-order valence-electron chi connectivity index (χ4n) is 2.17. The summed E-state index contributed by atoms with van der Waals surface area (Å²) in [4.78, 5) is 8.33. The summed E-state index contributed by atoms with van der Waals surface area (Å²) in [5.41, 5.74) is 7.37. The lowest BCUT2D eigenvalue weighted by Gasteiger charge is -2.12. The van der Waals surface area contributed by atoms with Gasteiger partial charge in [-0.15, -0.1) is 0 Å². The van der Waals surface area contributed by atoms with E-state index in [1.54, 1.807) is 6.07 Å². The molecule has 6 heteroatoms. The molecular formula is C15H15FN4O. The van der Waals surface area contributed by atoms with Crippen LogP contribution in [0.25, 0.3) is 11.0 Å². The minimum atomic E-state index is -0.524. The van der Waals surface area contributed by atoms with E-state index < -0.39 is 5.82 Å². The van der Waals surface area contributed by atoms with Gasteiger partial charge in [-0.25, -0.2) is 9.37 Å². The van der Waals surface area contributed by atoms with Gasteiger partial charge in [0.2, 0.25) is 5.88 Å². The molecule has 0 amide bonds. The van der Waals surface area contributed by atoms with Gasteiger partial charge in [-0.2, -0.15) is 4.98 Å². The van der Waals surface area contributed by atoms with Crippen molar-refractivity contribution in [2.75, 3.05) is 5.73 Å². The number of rotatable bonds is 3. The third-order valence-electron chi connectivity index (χ3n) is 3.19. The summed E-state index contributed by atoms with van der Waals surface area (Å²) in [5, 5.41) is 0. The number of halogens is 1. The Hall–Kier alpha value is -2.63. The van der Waals surface area contributed by atoms with Gasteiger partial charge in [0.05, 0.1) is 5.52 Å². The summed E-state index contributed by atoms with van der Waals surface area (Å²) < 4.78 is 21.5. The van der Waals surface area contributed by atoms with E-state index in [0.29, 0.717) is 11.6 Å². The zero-order valence-corrected chi connectivity index (χ0v) is 11.7. The number of anilines is 1. The standard InChI is InChI=1S/C15H15FN4O/c1-9(2)20-6-5-12-14(20)15(19-8-18-12)21-13-4-3-10(17)7-11(13)16/h3-9H,17H2,1-2H3. The first-order valence-corrected chi connectivity index (χ1v) is 6.60. The minimum absolute atomic E-state index is 0.0840. The van der Waals surface area contributed by atoms with Gasteiger partial charge in [0.15, 0.2) is 11.6 Å². The van der Waals surface area contributed by atoms with E-state index in [1.807, 2.05) is 30.7 Å². The monoisotopic (exact) mass is 286 g/mol. The molecule has 3 aromatic rings. The van der Waals surface area contributed by atoms with E-state index in [1.165, 1.54) is 18.5 Å². The van der Waals surface area contributed by atoms with Gasteiger partial charge in [-0.3, -0.25) is 0 Å². The average Bonchev–Trinajstić information content (AvgIpc) is 2.87. The van der Waals surface area contributed by atoms with Crippen molar-refractivity contribution >= 4 is 16.7 Å². The van der Waals surface area contributed by atoms with Crippen LogP contribution < -0.4 is 10.5 Å². The number of fused-ring (bicyclic) bond motifs is 1. The van der Waals surface area contributed by atoms with Crippen LogP contribution in [0.15, 0.2) is 36.8 Å². The second kappa shape index (κ2) is 5.05. The van der Waals surface area contributed by atoms with E-state index in [9.17, 15) is 4.39 Å². The zero-order valence-electron chi connectivity index (χ0n) is 11.7. The molecule has 0 saturated heterocycles. The lowest BCUT2D eigenvalue weighted by Crippen LogP contribution is -2.02. The molecule has 3 rings (SSSR count). The highest BCUT2D eigenvalue weighted by molar-refractivity contribution is 5.80. The Morgan fingerprint density at radius 3 is 2.76 bits per heavy atom. The van der Waals surface area contributed by atoms with E-state index >= 15 is 0 Å². The summed E-state index contributed by atoms with van der Waals surface area (Å²) in [6, 6.07) is 6.38. The summed E-state index contributed by atoms with van der Waals surface area (Å²) in [7, 11) is 0. The zero-order chi connectivity index (χ0) is 15.0. The van der Waals surface area contributed by atoms with Crippen molar-refractivity contribution < 1.29 is 9.13 Å². The Kier molecular flexibility index (Phi) is 3.21. The van der Waals surface area contributed by atoms with Crippen LogP contribution >= 0.6 is 0 Å². The maximum Gasteiger partial charge on any atom is 0.247 e. The Balaban J connectivity index is 2.10.